The summed E-state index contributed by atoms with van der Waals surface area (Å²) in [5.41, 5.74) is 1.06. The highest BCUT2D eigenvalue weighted by atomic mass is 16.1. The van der Waals surface area contributed by atoms with Gasteiger partial charge >= 0.3 is 0 Å². The Labute approximate surface area is 102 Å². The number of ketones is 1. The number of H-pyrrole nitrogens is 1. The lowest BCUT2D eigenvalue weighted by Crippen LogP contribution is -2.15. The van der Waals surface area contributed by atoms with Gasteiger partial charge in [0.05, 0.1) is 5.56 Å². The Morgan fingerprint density at radius 3 is 2.72 bits per heavy atom. The van der Waals surface area contributed by atoms with Crippen LogP contribution in [0.4, 0.5) is 0 Å². The van der Waals surface area contributed by atoms with E-state index in [1.54, 1.807) is 6.07 Å². The normalized spacial score (nSPS) is 10.9. The first-order valence-electron chi connectivity index (χ1n) is 5.59. The number of hydrogen-bond donors (Lipinski definition) is 1. The van der Waals surface area contributed by atoms with E-state index < -0.39 is 5.56 Å². The van der Waals surface area contributed by atoms with Gasteiger partial charge in [0.2, 0.25) is 0 Å². The zero-order chi connectivity index (χ0) is 12.7. The van der Waals surface area contributed by atoms with Gasteiger partial charge in [-0.3, -0.25) is 9.59 Å². The molecule has 3 aromatic rings. The third-order valence-electron chi connectivity index (χ3n) is 2.95. The standard InChI is InChI=1S/C14H10N2O2/c1-8(17)10-7-11-9-5-3-2-4-6-12(9)15-13(11)16-14(10)18/h2-7H,1H3,(H,15,16,18). The lowest BCUT2D eigenvalue weighted by Gasteiger charge is -1.93. The first-order chi connectivity index (χ1) is 8.66. The number of nitrogens with one attached hydrogen (secondary N) is 1. The van der Waals surface area contributed by atoms with Crippen LogP contribution in [0.15, 0.2) is 41.2 Å². The number of Topliss-reactive ketones (excluding diaryl/α,β-unsaturated/α-hetero) is 1. The average Bonchev–Trinajstić information content (AvgIpc) is 2.50. The molecule has 0 unspecified atom stereocenters. The fourth-order valence-corrected chi connectivity index (χ4v) is 2.07. The first kappa shape index (κ1) is 10.7. The summed E-state index contributed by atoms with van der Waals surface area (Å²) in [7, 11) is 0. The van der Waals surface area contributed by atoms with Crippen LogP contribution in [0.2, 0.25) is 0 Å². The SMILES string of the molecule is CC(=O)c1cc2c(nc1=O)[nH]c1cccccc12. The summed E-state index contributed by atoms with van der Waals surface area (Å²) in [4.78, 5) is 30.0. The summed E-state index contributed by atoms with van der Waals surface area (Å²) in [6.45, 7) is 1.37. The van der Waals surface area contributed by atoms with Crippen molar-refractivity contribution in [2.24, 2.45) is 0 Å². The number of pyridine rings is 1. The molecule has 0 saturated carbocycles. The number of carbonyl (C=O) groups is 1. The number of aromatic nitrogens is 2. The maximum absolute atomic E-state index is 11.7. The van der Waals surface area contributed by atoms with Crippen molar-refractivity contribution in [1.29, 1.82) is 0 Å². The summed E-state index contributed by atoms with van der Waals surface area (Å²) in [6, 6.07) is 11.2. The number of rotatable bonds is 1. The van der Waals surface area contributed by atoms with E-state index >= 15 is 0 Å². The highest BCUT2D eigenvalue weighted by Gasteiger charge is 2.11. The van der Waals surface area contributed by atoms with E-state index in [1.807, 2.05) is 30.3 Å². The molecule has 2 aromatic heterocycles. The van der Waals surface area contributed by atoms with Gasteiger partial charge in [-0.05, 0) is 19.1 Å². The molecule has 18 heavy (non-hydrogen) atoms. The van der Waals surface area contributed by atoms with Crippen LogP contribution in [0.25, 0.3) is 21.9 Å². The Bertz CT molecular complexity index is 834. The maximum Gasteiger partial charge on any atom is 0.282 e. The van der Waals surface area contributed by atoms with Crippen LogP contribution in [-0.4, -0.2) is 15.8 Å². The van der Waals surface area contributed by atoms with Crippen LogP contribution in [0, 0.1) is 0 Å². The van der Waals surface area contributed by atoms with E-state index in [4.69, 9.17) is 0 Å². The van der Waals surface area contributed by atoms with Gasteiger partial charge < -0.3 is 4.98 Å². The Kier molecular flexibility index (Phi) is 2.23. The predicted octanol–water partition coefficient (Wildman–Crippen LogP) is 2.28. The van der Waals surface area contributed by atoms with Gasteiger partial charge in [0.25, 0.3) is 5.56 Å². The molecule has 0 atom stereocenters. The van der Waals surface area contributed by atoms with Crippen molar-refractivity contribution in [3.63, 3.8) is 0 Å². The van der Waals surface area contributed by atoms with E-state index in [9.17, 15) is 9.59 Å². The van der Waals surface area contributed by atoms with E-state index in [1.165, 1.54) is 6.92 Å². The molecule has 0 bridgehead atoms. The molecule has 1 N–H and O–H groups in total. The van der Waals surface area contributed by atoms with Gasteiger partial charge in [-0.25, -0.2) is 0 Å². The first-order valence-corrected chi connectivity index (χ1v) is 5.59. The van der Waals surface area contributed by atoms with Gasteiger partial charge in [0.1, 0.15) is 5.65 Å². The molecule has 1 aromatic carbocycles. The number of nitrogens with zero attached hydrogens (tertiary/aromatic N) is 1. The second-order valence-electron chi connectivity index (χ2n) is 4.16. The average molecular weight is 238 g/mol. The molecular weight excluding hydrogens is 228 g/mol. The van der Waals surface area contributed by atoms with Crippen molar-refractivity contribution in [1.82, 2.24) is 9.97 Å². The van der Waals surface area contributed by atoms with Gasteiger partial charge in [0.15, 0.2) is 5.78 Å². The van der Waals surface area contributed by atoms with Crippen LogP contribution in [0.5, 0.6) is 0 Å². The van der Waals surface area contributed by atoms with Gasteiger partial charge in [0, 0.05) is 16.3 Å². The monoisotopic (exact) mass is 238 g/mol. The molecule has 0 saturated heterocycles. The maximum atomic E-state index is 11.7. The molecule has 0 spiro atoms. The van der Waals surface area contributed by atoms with Crippen LogP contribution in [0.3, 0.4) is 0 Å². The topological polar surface area (TPSA) is 62.8 Å². The van der Waals surface area contributed by atoms with E-state index in [0.717, 1.165) is 16.3 Å². The Morgan fingerprint density at radius 2 is 1.94 bits per heavy atom. The highest BCUT2D eigenvalue weighted by Crippen LogP contribution is 2.22. The molecule has 0 aliphatic carbocycles. The molecule has 4 heteroatoms. The molecule has 88 valence electrons. The summed E-state index contributed by atoms with van der Waals surface area (Å²) >= 11 is 0. The smallest absolute Gasteiger partial charge is 0.282 e. The Hall–Kier alpha value is -2.49. The summed E-state index contributed by atoms with van der Waals surface area (Å²) in [5, 5.41) is 1.75. The molecule has 2 heterocycles. The van der Waals surface area contributed by atoms with Crippen LogP contribution in [0.1, 0.15) is 17.3 Å². The third-order valence-corrected chi connectivity index (χ3v) is 2.95. The van der Waals surface area contributed by atoms with E-state index in [-0.39, 0.29) is 11.3 Å². The number of carbonyl (C=O) groups excluding carboxylic acids is 1. The van der Waals surface area contributed by atoms with Crippen molar-refractivity contribution in [3.8, 4) is 0 Å². The van der Waals surface area contributed by atoms with Crippen molar-refractivity contribution in [2.75, 3.05) is 0 Å². The van der Waals surface area contributed by atoms with Crippen molar-refractivity contribution in [2.45, 2.75) is 6.92 Å². The van der Waals surface area contributed by atoms with Crippen LogP contribution in [-0.2, 0) is 0 Å². The van der Waals surface area contributed by atoms with Crippen molar-refractivity contribution < 1.29 is 4.79 Å². The minimum atomic E-state index is -0.481. The lowest BCUT2D eigenvalue weighted by atomic mass is 10.1. The fourth-order valence-electron chi connectivity index (χ4n) is 2.07. The Balaban J connectivity index is 2.52. The number of aromatic amines is 1. The highest BCUT2D eigenvalue weighted by molar-refractivity contribution is 6.08. The predicted molar refractivity (Wildman–Crippen MR) is 69.9 cm³/mol. The summed E-state index contributed by atoms with van der Waals surface area (Å²) in [5.74, 6) is -0.260. The summed E-state index contributed by atoms with van der Waals surface area (Å²) in [6.07, 6.45) is 0. The van der Waals surface area contributed by atoms with E-state index in [0.29, 0.717) is 5.65 Å². The Morgan fingerprint density at radius 1 is 1.17 bits per heavy atom. The molecule has 0 aliphatic rings. The largest absolute Gasteiger partial charge is 0.339 e. The van der Waals surface area contributed by atoms with E-state index in [2.05, 4.69) is 9.97 Å². The second kappa shape index (κ2) is 3.77. The molecule has 0 radical (unpaired) electrons. The zero-order valence-corrected chi connectivity index (χ0v) is 9.73. The zero-order valence-electron chi connectivity index (χ0n) is 9.73. The minimum Gasteiger partial charge on any atom is -0.339 e. The number of fused-ring (bicyclic) bond motifs is 3. The molecule has 0 amide bonds. The minimum absolute atomic E-state index is 0.134. The molecule has 0 fully saturated rings. The second-order valence-corrected chi connectivity index (χ2v) is 4.16. The van der Waals surface area contributed by atoms with Crippen molar-refractivity contribution in [3.05, 3.63) is 52.3 Å². The van der Waals surface area contributed by atoms with Crippen LogP contribution < -0.4 is 5.56 Å². The molecule has 3 rings (SSSR count). The summed E-state index contributed by atoms with van der Waals surface area (Å²) < 4.78 is 0. The molecule has 4 nitrogen and oxygen atoms in total. The van der Waals surface area contributed by atoms with Gasteiger partial charge in [-0.15, -0.1) is 0 Å². The molecular formula is C14H10N2O2. The quantitative estimate of drug-likeness (QED) is 0.661. The van der Waals surface area contributed by atoms with Gasteiger partial charge in [-0.2, -0.15) is 4.98 Å². The van der Waals surface area contributed by atoms with Gasteiger partial charge in [-0.1, -0.05) is 24.3 Å². The van der Waals surface area contributed by atoms with Crippen molar-refractivity contribution >= 4 is 27.7 Å². The fraction of sp³-hybridized carbons (Fsp3) is 0.0714. The molecule has 0 aliphatic heterocycles. The lowest BCUT2D eigenvalue weighted by molar-refractivity contribution is 0.101. The number of hydrogen-bond acceptors (Lipinski definition) is 3. The third kappa shape index (κ3) is 1.50. The van der Waals surface area contributed by atoms with Crippen LogP contribution >= 0.6 is 0 Å².